The quantitative estimate of drug-likeness (QED) is 0.845. The second kappa shape index (κ2) is 7.80. The molecular formula is C16H25NO3S. The number of ether oxygens (including phenoxy) is 2. The zero-order valence-corrected chi connectivity index (χ0v) is 13.8. The minimum atomic E-state index is 0.0591. The molecule has 0 bridgehead atoms. The van der Waals surface area contributed by atoms with Crippen LogP contribution in [-0.2, 0) is 6.54 Å². The Balaban J connectivity index is 1.99. The number of phenols is 1. The second-order valence-corrected chi connectivity index (χ2v) is 6.59. The molecule has 1 aromatic rings. The van der Waals surface area contributed by atoms with Crippen molar-refractivity contribution in [3.05, 3.63) is 17.7 Å². The third kappa shape index (κ3) is 4.20. The highest BCUT2D eigenvalue weighted by molar-refractivity contribution is 7.99. The maximum Gasteiger partial charge on any atom is 0.200 e. The molecule has 4 nitrogen and oxygen atoms in total. The van der Waals surface area contributed by atoms with Crippen molar-refractivity contribution < 1.29 is 14.6 Å². The normalized spacial score (nSPS) is 22.0. The van der Waals surface area contributed by atoms with E-state index in [9.17, 15) is 5.11 Å². The molecule has 118 valence electrons. The standard InChI is InChI=1S/C16H25NO3S/c1-19-14-7-11(8-15(20-2)16(14)18)10-17-12-5-4-6-13(9-12)21-3/h7-8,12-13,17-18H,4-6,9-10H2,1-3H3. The molecule has 5 heteroatoms. The fourth-order valence-electron chi connectivity index (χ4n) is 2.86. The highest BCUT2D eigenvalue weighted by Gasteiger charge is 2.21. The maximum absolute atomic E-state index is 9.92. The molecule has 2 unspecified atom stereocenters. The number of methoxy groups -OCH3 is 2. The molecule has 1 saturated carbocycles. The van der Waals surface area contributed by atoms with E-state index in [1.54, 1.807) is 14.2 Å². The van der Waals surface area contributed by atoms with Gasteiger partial charge in [-0.25, -0.2) is 0 Å². The van der Waals surface area contributed by atoms with E-state index in [-0.39, 0.29) is 5.75 Å². The van der Waals surface area contributed by atoms with Crippen molar-refractivity contribution in [2.75, 3.05) is 20.5 Å². The smallest absolute Gasteiger partial charge is 0.200 e. The van der Waals surface area contributed by atoms with Crippen LogP contribution >= 0.6 is 11.8 Å². The predicted octanol–water partition coefficient (Wildman–Crippen LogP) is 3.17. The van der Waals surface area contributed by atoms with Gasteiger partial charge in [-0.3, -0.25) is 0 Å². The van der Waals surface area contributed by atoms with Crippen molar-refractivity contribution in [3.8, 4) is 17.2 Å². The molecular weight excluding hydrogens is 286 g/mol. The Morgan fingerprint density at radius 3 is 2.48 bits per heavy atom. The Bertz CT molecular complexity index is 442. The monoisotopic (exact) mass is 311 g/mol. The van der Waals surface area contributed by atoms with Crippen LogP contribution in [0.3, 0.4) is 0 Å². The minimum Gasteiger partial charge on any atom is -0.502 e. The molecule has 0 radical (unpaired) electrons. The summed E-state index contributed by atoms with van der Waals surface area (Å²) in [5, 5.41) is 14.3. The number of thioether (sulfide) groups is 1. The molecule has 0 saturated heterocycles. The SMILES string of the molecule is COc1cc(CNC2CCCC(SC)C2)cc(OC)c1O. The van der Waals surface area contributed by atoms with Crippen molar-refractivity contribution in [3.63, 3.8) is 0 Å². The summed E-state index contributed by atoms with van der Waals surface area (Å²) in [6.07, 6.45) is 7.30. The predicted molar refractivity (Wildman–Crippen MR) is 87.6 cm³/mol. The van der Waals surface area contributed by atoms with Gasteiger partial charge in [0.2, 0.25) is 5.75 Å². The van der Waals surface area contributed by atoms with Crippen LogP contribution in [0.25, 0.3) is 0 Å². The van der Waals surface area contributed by atoms with Crippen molar-refractivity contribution in [1.29, 1.82) is 0 Å². The maximum atomic E-state index is 9.92. The van der Waals surface area contributed by atoms with Crippen LogP contribution in [0.5, 0.6) is 17.2 Å². The summed E-state index contributed by atoms with van der Waals surface area (Å²) in [6.45, 7) is 0.763. The summed E-state index contributed by atoms with van der Waals surface area (Å²) in [5.41, 5.74) is 1.06. The Morgan fingerprint density at radius 1 is 1.24 bits per heavy atom. The number of benzene rings is 1. The van der Waals surface area contributed by atoms with Crippen LogP contribution < -0.4 is 14.8 Å². The van der Waals surface area contributed by atoms with Crippen LogP contribution in [0.15, 0.2) is 12.1 Å². The molecule has 1 aromatic carbocycles. The average molecular weight is 311 g/mol. The molecule has 2 N–H and O–H groups in total. The van der Waals surface area contributed by atoms with E-state index in [1.807, 2.05) is 23.9 Å². The Kier molecular flexibility index (Phi) is 6.06. The summed E-state index contributed by atoms with van der Waals surface area (Å²) in [5.74, 6) is 0.970. The Hall–Kier alpha value is -1.07. The molecule has 21 heavy (non-hydrogen) atoms. The lowest BCUT2D eigenvalue weighted by atomic mass is 9.95. The summed E-state index contributed by atoms with van der Waals surface area (Å²) in [6, 6.07) is 4.29. The van der Waals surface area contributed by atoms with Gasteiger partial charge in [0.25, 0.3) is 0 Å². The molecule has 0 heterocycles. The Labute approximate surface area is 131 Å². The zero-order chi connectivity index (χ0) is 15.2. The van der Waals surface area contributed by atoms with Gasteiger partial charge in [0.1, 0.15) is 0 Å². The number of phenolic OH excluding ortho intramolecular Hbond substituents is 1. The molecule has 0 amide bonds. The summed E-state index contributed by atoms with van der Waals surface area (Å²) < 4.78 is 10.4. The van der Waals surface area contributed by atoms with Gasteiger partial charge in [0.15, 0.2) is 11.5 Å². The summed E-state index contributed by atoms with van der Waals surface area (Å²) in [7, 11) is 3.10. The van der Waals surface area contributed by atoms with Crippen LogP contribution in [0, 0.1) is 0 Å². The van der Waals surface area contributed by atoms with Gasteiger partial charge < -0.3 is 19.9 Å². The van der Waals surface area contributed by atoms with E-state index in [4.69, 9.17) is 9.47 Å². The van der Waals surface area contributed by atoms with E-state index in [0.717, 1.165) is 17.4 Å². The van der Waals surface area contributed by atoms with Gasteiger partial charge in [-0.2, -0.15) is 11.8 Å². The summed E-state index contributed by atoms with van der Waals surface area (Å²) >= 11 is 1.97. The molecule has 2 rings (SSSR count). The number of hydrogen-bond acceptors (Lipinski definition) is 5. The summed E-state index contributed by atoms with van der Waals surface area (Å²) in [4.78, 5) is 0. The van der Waals surface area contributed by atoms with Gasteiger partial charge in [0, 0.05) is 17.8 Å². The number of rotatable bonds is 6. The second-order valence-electron chi connectivity index (χ2n) is 5.45. The van der Waals surface area contributed by atoms with Crippen molar-refractivity contribution in [2.45, 2.75) is 43.5 Å². The largest absolute Gasteiger partial charge is 0.502 e. The minimum absolute atomic E-state index is 0.0591. The van der Waals surface area contributed by atoms with Crippen LogP contribution in [-0.4, -0.2) is 36.9 Å². The number of nitrogens with one attached hydrogen (secondary N) is 1. The van der Waals surface area contributed by atoms with Crippen molar-refractivity contribution in [1.82, 2.24) is 5.32 Å². The first kappa shape index (κ1) is 16.3. The van der Waals surface area contributed by atoms with E-state index in [1.165, 1.54) is 25.7 Å². The van der Waals surface area contributed by atoms with E-state index in [0.29, 0.717) is 17.5 Å². The third-order valence-corrected chi connectivity index (χ3v) is 5.19. The third-order valence-electron chi connectivity index (χ3n) is 4.09. The van der Waals surface area contributed by atoms with Crippen LogP contribution in [0.4, 0.5) is 0 Å². The first-order chi connectivity index (χ1) is 10.2. The first-order valence-electron chi connectivity index (χ1n) is 7.38. The fourth-order valence-corrected chi connectivity index (χ4v) is 3.68. The molecule has 1 aliphatic rings. The Morgan fingerprint density at radius 2 is 1.90 bits per heavy atom. The first-order valence-corrected chi connectivity index (χ1v) is 8.66. The average Bonchev–Trinajstić information content (AvgIpc) is 2.54. The highest BCUT2D eigenvalue weighted by atomic mass is 32.2. The van der Waals surface area contributed by atoms with Crippen molar-refractivity contribution >= 4 is 11.8 Å². The number of aromatic hydroxyl groups is 1. The molecule has 2 atom stereocenters. The molecule has 0 spiro atoms. The van der Waals surface area contributed by atoms with Crippen LogP contribution in [0.2, 0.25) is 0 Å². The molecule has 0 aromatic heterocycles. The van der Waals surface area contributed by atoms with Gasteiger partial charge in [-0.15, -0.1) is 0 Å². The molecule has 0 aliphatic heterocycles. The van der Waals surface area contributed by atoms with Gasteiger partial charge in [0.05, 0.1) is 14.2 Å². The van der Waals surface area contributed by atoms with E-state index in [2.05, 4.69) is 11.6 Å². The zero-order valence-electron chi connectivity index (χ0n) is 13.0. The lowest BCUT2D eigenvalue weighted by Gasteiger charge is -2.29. The van der Waals surface area contributed by atoms with Gasteiger partial charge >= 0.3 is 0 Å². The van der Waals surface area contributed by atoms with Crippen LogP contribution in [0.1, 0.15) is 31.2 Å². The van der Waals surface area contributed by atoms with Gasteiger partial charge in [-0.1, -0.05) is 6.42 Å². The lowest BCUT2D eigenvalue weighted by Crippen LogP contribution is -2.34. The molecule has 1 aliphatic carbocycles. The van der Waals surface area contributed by atoms with E-state index >= 15 is 0 Å². The van der Waals surface area contributed by atoms with Gasteiger partial charge in [-0.05, 0) is 43.2 Å². The van der Waals surface area contributed by atoms with E-state index < -0.39 is 0 Å². The molecule has 1 fully saturated rings. The highest BCUT2D eigenvalue weighted by Crippen LogP contribution is 2.37. The number of hydrogen-bond donors (Lipinski definition) is 2. The lowest BCUT2D eigenvalue weighted by molar-refractivity contribution is 0.338. The van der Waals surface area contributed by atoms with Crippen molar-refractivity contribution in [2.24, 2.45) is 0 Å². The fraction of sp³-hybridized carbons (Fsp3) is 0.625. The topological polar surface area (TPSA) is 50.7 Å².